The molecular weight excluding hydrogens is 298 g/mol. The molecule has 0 bridgehead atoms. The van der Waals surface area contributed by atoms with Crippen molar-refractivity contribution < 1.29 is 0 Å². The molecule has 2 fully saturated rings. The van der Waals surface area contributed by atoms with Gasteiger partial charge in [0, 0.05) is 58.3 Å². The summed E-state index contributed by atoms with van der Waals surface area (Å²) in [6, 6.07) is 11.4. The summed E-state index contributed by atoms with van der Waals surface area (Å²) >= 11 is 0. The Balaban J connectivity index is 1.54. The third kappa shape index (κ3) is 4.08. The number of nitrogens with one attached hydrogen (secondary N) is 1. The van der Waals surface area contributed by atoms with Gasteiger partial charge in [-0.15, -0.1) is 0 Å². The molecule has 5 nitrogen and oxygen atoms in total. The molecule has 2 aliphatic heterocycles. The molecular formula is C19H31N5. The van der Waals surface area contributed by atoms with Crippen LogP contribution in [0.2, 0.25) is 0 Å². The quantitative estimate of drug-likeness (QED) is 0.669. The summed E-state index contributed by atoms with van der Waals surface area (Å²) in [5, 5.41) is 3.61. The van der Waals surface area contributed by atoms with Gasteiger partial charge in [-0.2, -0.15) is 0 Å². The van der Waals surface area contributed by atoms with Crippen molar-refractivity contribution in [3.05, 3.63) is 35.9 Å². The van der Waals surface area contributed by atoms with E-state index in [-0.39, 0.29) is 0 Å². The van der Waals surface area contributed by atoms with Crippen LogP contribution >= 0.6 is 0 Å². The summed E-state index contributed by atoms with van der Waals surface area (Å²) in [6.45, 7) is 6.52. The van der Waals surface area contributed by atoms with E-state index in [4.69, 9.17) is 0 Å². The van der Waals surface area contributed by atoms with E-state index in [9.17, 15) is 0 Å². The summed E-state index contributed by atoms with van der Waals surface area (Å²) < 4.78 is 0. The molecule has 2 atom stereocenters. The van der Waals surface area contributed by atoms with E-state index in [0.717, 1.165) is 45.2 Å². The zero-order valence-corrected chi connectivity index (χ0v) is 15.3. The van der Waals surface area contributed by atoms with Crippen LogP contribution in [0.1, 0.15) is 17.9 Å². The molecule has 24 heavy (non-hydrogen) atoms. The Kier molecular flexibility index (Phi) is 5.74. The summed E-state index contributed by atoms with van der Waals surface area (Å²) in [7, 11) is 6.33. The van der Waals surface area contributed by atoms with Gasteiger partial charge in [0.25, 0.3) is 0 Å². The second-order valence-electron chi connectivity index (χ2n) is 7.17. The third-order valence-corrected chi connectivity index (χ3v) is 5.45. The Hall–Kier alpha value is -1.59. The van der Waals surface area contributed by atoms with Crippen LogP contribution in [0.4, 0.5) is 0 Å². The molecule has 5 heteroatoms. The van der Waals surface area contributed by atoms with Crippen LogP contribution in [-0.2, 0) is 0 Å². The van der Waals surface area contributed by atoms with Gasteiger partial charge in [0.2, 0.25) is 0 Å². The summed E-state index contributed by atoms with van der Waals surface area (Å²) in [6.07, 6.45) is 1.21. The van der Waals surface area contributed by atoms with Crippen LogP contribution < -0.4 is 5.32 Å². The Morgan fingerprint density at radius 2 is 1.92 bits per heavy atom. The number of guanidine groups is 1. The van der Waals surface area contributed by atoms with Crippen molar-refractivity contribution in [3.8, 4) is 0 Å². The van der Waals surface area contributed by atoms with Gasteiger partial charge in [-0.25, -0.2) is 0 Å². The first-order valence-corrected chi connectivity index (χ1v) is 9.06. The lowest BCUT2D eigenvalue weighted by atomic mass is 9.99. The summed E-state index contributed by atoms with van der Waals surface area (Å²) in [4.78, 5) is 11.8. The SMILES string of the molecule is CN=C(NCC1CN(C)CCN1C)N1CCC(c2ccccc2)C1. The Morgan fingerprint density at radius 1 is 1.12 bits per heavy atom. The second-order valence-corrected chi connectivity index (χ2v) is 7.17. The van der Waals surface area contributed by atoms with E-state index in [1.807, 2.05) is 7.05 Å². The molecule has 2 aliphatic rings. The number of hydrogen-bond donors (Lipinski definition) is 1. The molecule has 0 aliphatic carbocycles. The standard InChI is InChI=1S/C19H31N5/c1-20-19(21-13-18-15-22(2)11-12-23(18)3)24-10-9-17(14-24)16-7-5-4-6-8-16/h4-8,17-18H,9-15H2,1-3H3,(H,20,21). The van der Waals surface area contributed by atoms with Crippen molar-refractivity contribution in [3.63, 3.8) is 0 Å². The molecule has 2 saturated heterocycles. The zero-order valence-electron chi connectivity index (χ0n) is 15.3. The zero-order chi connectivity index (χ0) is 16.9. The van der Waals surface area contributed by atoms with Crippen molar-refractivity contribution in [1.82, 2.24) is 20.0 Å². The number of hydrogen-bond acceptors (Lipinski definition) is 3. The van der Waals surface area contributed by atoms with E-state index < -0.39 is 0 Å². The fraction of sp³-hybridized carbons (Fsp3) is 0.632. The summed E-state index contributed by atoms with van der Waals surface area (Å²) in [5.74, 6) is 1.67. The number of benzene rings is 1. The number of aliphatic imine (C=N–C) groups is 1. The maximum absolute atomic E-state index is 4.53. The van der Waals surface area contributed by atoms with E-state index in [0.29, 0.717) is 12.0 Å². The third-order valence-electron chi connectivity index (χ3n) is 5.45. The highest BCUT2D eigenvalue weighted by atomic mass is 15.3. The van der Waals surface area contributed by atoms with Gasteiger partial charge in [0.1, 0.15) is 0 Å². The van der Waals surface area contributed by atoms with E-state index >= 15 is 0 Å². The van der Waals surface area contributed by atoms with Gasteiger partial charge in [-0.3, -0.25) is 9.89 Å². The van der Waals surface area contributed by atoms with Crippen LogP contribution in [0.5, 0.6) is 0 Å². The predicted molar refractivity (Wildman–Crippen MR) is 101 cm³/mol. The molecule has 2 heterocycles. The number of likely N-dealkylation sites (tertiary alicyclic amines) is 1. The maximum Gasteiger partial charge on any atom is 0.193 e. The minimum absolute atomic E-state index is 0.549. The highest BCUT2D eigenvalue weighted by Crippen LogP contribution is 2.26. The van der Waals surface area contributed by atoms with Crippen LogP contribution in [0.3, 0.4) is 0 Å². The molecule has 0 spiro atoms. The van der Waals surface area contributed by atoms with Gasteiger partial charge in [-0.1, -0.05) is 30.3 Å². The molecule has 2 unspecified atom stereocenters. The van der Waals surface area contributed by atoms with Gasteiger partial charge >= 0.3 is 0 Å². The topological polar surface area (TPSA) is 34.1 Å². The fourth-order valence-electron chi connectivity index (χ4n) is 3.81. The van der Waals surface area contributed by atoms with Gasteiger partial charge in [0.15, 0.2) is 5.96 Å². The highest BCUT2D eigenvalue weighted by Gasteiger charge is 2.27. The Morgan fingerprint density at radius 3 is 2.67 bits per heavy atom. The molecule has 132 valence electrons. The maximum atomic E-state index is 4.53. The monoisotopic (exact) mass is 329 g/mol. The Labute approximate surface area is 146 Å². The van der Waals surface area contributed by atoms with Crippen LogP contribution in [0.25, 0.3) is 0 Å². The minimum atomic E-state index is 0.549. The van der Waals surface area contributed by atoms with Crippen molar-refractivity contribution in [2.45, 2.75) is 18.4 Å². The first-order chi connectivity index (χ1) is 11.7. The first-order valence-electron chi connectivity index (χ1n) is 9.06. The largest absolute Gasteiger partial charge is 0.355 e. The number of likely N-dealkylation sites (N-methyl/N-ethyl adjacent to an activating group) is 2. The van der Waals surface area contributed by atoms with E-state index in [2.05, 4.69) is 69.4 Å². The second kappa shape index (κ2) is 7.99. The van der Waals surface area contributed by atoms with Gasteiger partial charge in [-0.05, 0) is 26.1 Å². The van der Waals surface area contributed by atoms with Gasteiger partial charge in [0.05, 0.1) is 0 Å². The number of piperazine rings is 1. The van der Waals surface area contributed by atoms with Crippen molar-refractivity contribution in [2.24, 2.45) is 4.99 Å². The molecule has 0 saturated carbocycles. The van der Waals surface area contributed by atoms with Crippen LogP contribution in [-0.4, -0.2) is 87.1 Å². The minimum Gasteiger partial charge on any atom is -0.355 e. The first kappa shape index (κ1) is 17.2. The van der Waals surface area contributed by atoms with E-state index in [1.54, 1.807) is 0 Å². The lowest BCUT2D eigenvalue weighted by molar-refractivity contribution is 0.116. The molecule has 0 amide bonds. The number of nitrogens with zero attached hydrogens (tertiary/aromatic N) is 4. The lowest BCUT2D eigenvalue weighted by Crippen LogP contribution is -2.55. The molecule has 1 aromatic rings. The highest BCUT2D eigenvalue weighted by molar-refractivity contribution is 5.80. The predicted octanol–water partition coefficient (Wildman–Crippen LogP) is 1.30. The van der Waals surface area contributed by atoms with Crippen molar-refractivity contribution in [1.29, 1.82) is 0 Å². The van der Waals surface area contributed by atoms with E-state index in [1.165, 1.54) is 12.0 Å². The molecule has 3 rings (SSSR count). The Bertz CT molecular complexity index is 544. The lowest BCUT2D eigenvalue weighted by Gasteiger charge is -2.38. The van der Waals surface area contributed by atoms with Crippen molar-refractivity contribution in [2.75, 3.05) is 60.4 Å². The normalized spacial score (nSPS) is 26.8. The fourth-order valence-corrected chi connectivity index (χ4v) is 3.81. The summed E-state index contributed by atoms with van der Waals surface area (Å²) in [5.41, 5.74) is 1.45. The molecule has 1 N–H and O–H groups in total. The smallest absolute Gasteiger partial charge is 0.193 e. The average molecular weight is 329 g/mol. The number of rotatable bonds is 3. The van der Waals surface area contributed by atoms with Crippen LogP contribution in [0.15, 0.2) is 35.3 Å². The van der Waals surface area contributed by atoms with Gasteiger partial charge < -0.3 is 15.1 Å². The average Bonchev–Trinajstić information content (AvgIpc) is 3.09. The molecule has 1 aromatic carbocycles. The van der Waals surface area contributed by atoms with Crippen molar-refractivity contribution >= 4 is 5.96 Å². The molecule has 0 radical (unpaired) electrons. The molecule has 0 aromatic heterocycles. The van der Waals surface area contributed by atoms with Crippen LogP contribution in [0, 0.1) is 0 Å².